The quantitative estimate of drug-likeness (QED) is 0.838. The predicted molar refractivity (Wildman–Crippen MR) is 97.2 cm³/mol. The van der Waals surface area contributed by atoms with E-state index >= 15 is 0 Å². The number of rotatable bonds is 5. The SMILES string of the molecule is CC(C)Cc1nnc2n1CC1CCC(C2)N1Cc1cnn(C(C)C)c1. The molecule has 0 aromatic carbocycles. The fourth-order valence-electron chi connectivity index (χ4n) is 4.31. The maximum absolute atomic E-state index is 4.53. The third-order valence-electron chi connectivity index (χ3n) is 5.63. The smallest absolute Gasteiger partial charge is 0.134 e. The molecule has 2 aromatic heterocycles. The molecule has 6 nitrogen and oxygen atoms in total. The van der Waals surface area contributed by atoms with Crippen LogP contribution in [0.25, 0.3) is 0 Å². The second kappa shape index (κ2) is 6.56. The van der Waals surface area contributed by atoms with Crippen molar-refractivity contribution in [3.63, 3.8) is 0 Å². The zero-order valence-corrected chi connectivity index (χ0v) is 15.9. The van der Waals surface area contributed by atoms with Crippen molar-refractivity contribution in [1.29, 1.82) is 0 Å². The van der Waals surface area contributed by atoms with Gasteiger partial charge >= 0.3 is 0 Å². The van der Waals surface area contributed by atoms with E-state index in [-0.39, 0.29) is 0 Å². The molecule has 2 aliphatic rings. The Labute approximate surface area is 150 Å². The summed E-state index contributed by atoms with van der Waals surface area (Å²) < 4.78 is 4.47. The van der Waals surface area contributed by atoms with E-state index in [1.54, 1.807) is 0 Å². The third kappa shape index (κ3) is 3.24. The minimum atomic E-state index is 0.421. The second-order valence-corrected chi connectivity index (χ2v) is 8.42. The number of nitrogens with zero attached hydrogens (tertiary/aromatic N) is 6. The van der Waals surface area contributed by atoms with E-state index < -0.39 is 0 Å². The lowest BCUT2D eigenvalue weighted by Gasteiger charge is -2.27. The van der Waals surface area contributed by atoms with Gasteiger partial charge in [-0.2, -0.15) is 5.10 Å². The van der Waals surface area contributed by atoms with Gasteiger partial charge in [0.1, 0.15) is 11.6 Å². The van der Waals surface area contributed by atoms with E-state index in [0.717, 1.165) is 25.9 Å². The summed E-state index contributed by atoms with van der Waals surface area (Å²) in [7, 11) is 0. The first-order chi connectivity index (χ1) is 12.0. The summed E-state index contributed by atoms with van der Waals surface area (Å²) in [6.07, 6.45) is 8.84. The van der Waals surface area contributed by atoms with E-state index in [9.17, 15) is 0 Å². The van der Waals surface area contributed by atoms with Crippen LogP contribution in [0.15, 0.2) is 12.4 Å². The first kappa shape index (κ1) is 16.8. The summed E-state index contributed by atoms with van der Waals surface area (Å²) in [5, 5.41) is 13.5. The lowest BCUT2D eigenvalue weighted by atomic mass is 10.1. The molecule has 2 bridgehead atoms. The molecule has 6 heteroatoms. The topological polar surface area (TPSA) is 51.8 Å². The molecule has 136 valence electrons. The van der Waals surface area contributed by atoms with Gasteiger partial charge < -0.3 is 4.57 Å². The van der Waals surface area contributed by atoms with Crippen LogP contribution in [0, 0.1) is 5.92 Å². The van der Waals surface area contributed by atoms with Gasteiger partial charge in [-0.25, -0.2) is 0 Å². The monoisotopic (exact) mass is 342 g/mol. The normalized spacial score (nSPS) is 23.4. The van der Waals surface area contributed by atoms with Crippen LogP contribution >= 0.6 is 0 Å². The average molecular weight is 342 g/mol. The largest absolute Gasteiger partial charge is 0.313 e. The van der Waals surface area contributed by atoms with Crippen molar-refractivity contribution in [2.75, 3.05) is 0 Å². The molecule has 2 aromatic rings. The molecule has 0 aliphatic carbocycles. The Kier molecular flexibility index (Phi) is 4.40. The van der Waals surface area contributed by atoms with Crippen molar-refractivity contribution < 1.29 is 0 Å². The standard InChI is InChI=1S/C19H30N6/c1-13(2)7-18-21-22-19-8-16-5-6-17(12-24(18)19)23(16)10-15-9-20-25(11-15)14(3)4/h9,11,13-14,16-17H,5-8,10,12H2,1-4H3. The van der Waals surface area contributed by atoms with Gasteiger partial charge in [-0.05, 0) is 32.6 Å². The molecule has 2 unspecified atom stereocenters. The highest BCUT2D eigenvalue weighted by molar-refractivity contribution is 5.10. The zero-order chi connectivity index (χ0) is 17.6. The van der Waals surface area contributed by atoms with Gasteiger partial charge in [-0.3, -0.25) is 9.58 Å². The molecule has 0 saturated carbocycles. The first-order valence-corrected chi connectivity index (χ1v) is 9.71. The van der Waals surface area contributed by atoms with Gasteiger partial charge in [-0.1, -0.05) is 13.8 Å². The number of hydrogen-bond acceptors (Lipinski definition) is 4. The lowest BCUT2D eigenvalue weighted by Crippen LogP contribution is -2.36. The van der Waals surface area contributed by atoms with E-state index in [1.807, 2.05) is 6.20 Å². The fraction of sp³-hybridized carbons (Fsp3) is 0.737. The highest BCUT2D eigenvalue weighted by Gasteiger charge is 2.38. The van der Waals surface area contributed by atoms with Crippen LogP contribution in [-0.4, -0.2) is 41.5 Å². The van der Waals surface area contributed by atoms with Crippen LogP contribution in [0.5, 0.6) is 0 Å². The lowest BCUT2D eigenvalue weighted by molar-refractivity contribution is 0.179. The van der Waals surface area contributed by atoms with Gasteiger partial charge in [0.15, 0.2) is 0 Å². The molecule has 2 atom stereocenters. The van der Waals surface area contributed by atoms with Gasteiger partial charge in [0.2, 0.25) is 0 Å². The minimum absolute atomic E-state index is 0.421. The molecule has 0 spiro atoms. The molecule has 0 amide bonds. The predicted octanol–water partition coefficient (Wildman–Crippen LogP) is 2.84. The van der Waals surface area contributed by atoms with Gasteiger partial charge in [0.05, 0.1) is 6.20 Å². The van der Waals surface area contributed by atoms with Crippen molar-refractivity contribution in [3.05, 3.63) is 29.6 Å². The molecule has 4 heterocycles. The van der Waals surface area contributed by atoms with Crippen molar-refractivity contribution in [3.8, 4) is 0 Å². The fourth-order valence-corrected chi connectivity index (χ4v) is 4.31. The van der Waals surface area contributed by atoms with E-state index in [4.69, 9.17) is 0 Å². The molecular formula is C19H30N6. The molecule has 0 radical (unpaired) electrons. The summed E-state index contributed by atoms with van der Waals surface area (Å²) in [5.41, 5.74) is 1.32. The summed E-state index contributed by atoms with van der Waals surface area (Å²) in [6.45, 7) is 10.9. The Hall–Kier alpha value is -1.69. The zero-order valence-electron chi connectivity index (χ0n) is 15.9. The van der Waals surface area contributed by atoms with Crippen LogP contribution in [0.3, 0.4) is 0 Å². The Morgan fingerprint density at radius 1 is 1.12 bits per heavy atom. The first-order valence-electron chi connectivity index (χ1n) is 9.71. The summed E-state index contributed by atoms with van der Waals surface area (Å²) in [5.74, 6) is 2.97. The molecule has 1 saturated heterocycles. The van der Waals surface area contributed by atoms with E-state index in [1.165, 1.54) is 30.1 Å². The highest BCUT2D eigenvalue weighted by Crippen LogP contribution is 2.33. The minimum Gasteiger partial charge on any atom is -0.313 e. The average Bonchev–Trinajstić information content (AvgIpc) is 3.20. The molecule has 25 heavy (non-hydrogen) atoms. The van der Waals surface area contributed by atoms with Crippen LogP contribution in [-0.2, 0) is 25.9 Å². The summed E-state index contributed by atoms with van der Waals surface area (Å²) in [6, 6.07) is 1.60. The van der Waals surface area contributed by atoms with Crippen molar-refractivity contribution in [2.24, 2.45) is 5.92 Å². The Morgan fingerprint density at radius 3 is 2.64 bits per heavy atom. The van der Waals surface area contributed by atoms with Crippen molar-refractivity contribution >= 4 is 0 Å². The van der Waals surface area contributed by atoms with Crippen molar-refractivity contribution in [1.82, 2.24) is 29.4 Å². The third-order valence-corrected chi connectivity index (χ3v) is 5.63. The number of hydrogen-bond donors (Lipinski definition) is 0. The van der Waals surface area contributed by atoms with Gasteiger partial charge in [0, 0.05) is 55.8 Å². The van der Waals surface area contributed by atoms with Crippen LogP contribution in [0.1, 0.15) is 63.8 Å². The van der Waals surface area contributed by atoms with Gasteiger partial charge in [0.25, 0.3) is 0 Å². The van der Waals surface area contributed by atoms with Crippen LogP contribution in [0.4, 0.5) is 0 Å². The van der Waals surface area contributed by atoms with E-state index in [0.29, 0.717) is 24.0 Å². The Morgan fingerprint density at radius 2 is 1.92 bits per heavy atom. The maximum atomic E-state index is 4.53. The molecule has 4 rings (SSSR count). The molecule has 1 fully saturated rings. The molecule has 0 N–H and O–H groups in total. The van der Waals surface area contributed by atoms with Gasteiger partial charge in [-0.15, -0.1) is 10.2 Å². The van der Waals surface area contributed by atoms with Crippen molar-refractivity contribution in [2.45, 2.75) is 84.6 Å². The molecular weight excluding hydrogens is 312 g/mol. The van der Waals surface area contributed by atoms with Crippen LogP contribution < -0.4 is 0 Å². The van der Waals surface area contributed by atoms with E-state index in [2.05, 4.69) is 63.3 Å². The maximum Gasteiger partial charge on any atom is 0.134 e. The Balaban J connectivity index is 1.53. The van der Waals surface area contributed by atoms with Crippen LogP contribution in [0.2, 0.25) is 0 Å². The summed E-state index contributed by atoms with van der Waals surface area (Å²) >= 11 is 0. The molecule has 2 aliphatic heterocycles. The highest BCUT2D eigenvalue weighted by atomic mass is 15.3. The number of fused-ring (bicyclic) bond motifs is 3. The summed E-state index contributed by atoms with van der Waals surface area (Å²) in [4.78, 5) is 2.69. The second-order valence-electron chi connectivity index (χ2n) is 8.42. The Bertz CT molecular complexity index is 728. The number of aromatic nitrogens is 5.